The number of fused-ring (bicyclic) bond motifs is 1. The molecule has 0 aliphatic carbocycles. The standard InChI is InChI=1S/C18H17F3N2O3.C3H6O2/c19-18(20,21)12-24-17(25-13-6-2-1-3-7-13)11-22-10-16-23-14-8-4-5-9-15(14)26-16;1-2-3(4)5/h1-9,17,22H,10-12H2;2H2,1H3,(H,4,5)/t17-;/m0./s1. The Morgan fingerprint density at radius 2 is 1.81 bits per heavy atom. The molecule has 3 aromatic rings. The minimum atomic E-state index is -4.43. The highest BCUT2D eigenvalue weighted by atomic mass is 19.4. The number of rotatable bonds is 9. The average Bonchev–Trinajstić information content (AvgIpc) is 3.15. The SMILES string of the molecule is CCC(=O)O.FC(F)(F)CO[C@H](CNCc1nc2ccccc2o1)Oc1ccccc1. The lowest BCUT2D eigenvalue weighted by Crippen LogP contribution is -2.36. The molecule has 10 heteroatoms. The summed E-state index contributed by atoms with van der Waals surface area (Å²) in [6.45, 7) is 0.472. The average molecular weight is 440 g/mol. The lowest BCUT2D eigenvalue weighted by Gasteiger charge is -2.20. The molecule has 31 heavy (non-hydrogen) atoms. The van der Waals surface area contributed by atoms with Crippen molar-refractivity contribution in [3.63, 3.8) is 0 Å². The van der Waals surface area contributed by atoms with E-state index in [-0.39, 0.29) is 19.5 Å². The van der Waals surface area contributed by atoms with Crippen molar-refractivity contribution in [3.05, 3.63) is 60.5 Å². The summed E-state index contributed by atoms with van der Waals surface area (Å²) in [6, 6.07) is 15.8. The van der Waals surface area contributed by atoms with Gasteiger partial charge in [0.2, 0.25) is 12.2 Å². The summed E-state index contributed by atoms with van der Waals surface area (Å²) in [6.07, 6.45) is -5.32. The molecule has 0 saturated heterocycles. The van der Waals surface area contributed by atoms with E-state index in [9.17, 15) is 18.0 Å². The fourth-order valence-electron chi connectivity index (χ4n) is 2.27. The molecule has 1 atom stereocenters. The second kappa shape index (κ2) is 11.9. The van der Waals surface area contributed by atoms with Crippen LogP contribution in [0.2, 0.25) is 0 Å². The lowest BCUT2D eigenvalue weighted by atomic mass is 10.3. The molecular weight excluding hydrogens is 417 g/mol. The molecule has 1 aromatic heterocycles. The topological polar surface area (TPSA) is 93.8 Å². The van der Waals surface area contributed by atoms with Gasteiger partial charge in [-0.15, -0.1) is 0 Å². The maximum atomic E-state index is 12.4. The van der Waals surface area contributed by atoms with Gasteiger partial charge in [-0.1, -0.05) is 37.3 Å². The smallest absolute Gasteiger partial charge is 0.411 e. The van der Waals surface area contributed by atoms with Crippen molar-refractivity contribution in [1.82, 2.24) is 10.3 Å². The van der Waals surface area contributed by atoms with Gasteiger partial charge in [0.25, 0.3) is 0 Å². The van der Waals surface area contributed by atoms with Crippen LogP contribution < -0.4 is 10.1 Å². The number of para-hydroxylation sites is 3. The Morgan fingerprint density at radius 1 is 1.16 bits per heavy atom. The lowest BCUT2D eigenvalue weighted by molar-refractivity contribution is -0.209. The zero-order valence-electron chi connectivity index (χ0n) is 16.8. The molecule has 2 N–H and O–H groups in total. The fourth-order valence-corrected chi connectivity index (χ4v) is 2.27. The van der Waals surface area contributed by atoms with Crippen molar-refractivity contribution in [1.29, 1.82) is 0 Å². The summed E-state index contributed by atoms with van der Waals surface area (Å²) in [7, 11) is 0. The first kappa shape index (κ1) is 24.2. The van der Waals surface area contributed by atoms with Crippen LogP contribution in [0.4, 0.5) is 13.2 Å². The molecule has 0 bridgehead atoms. The highest BCUT2D eigenvalue weighted by molar-refractivity contribution is 5.72. The summed E-state index contributed by atoms with van der Waals surface area (Å²) in [4.78, 5) is 13.7. The molecule has 1 heterocycles. The normalized spacial score (nSPS) is 12.1. The van der Waals surface area contributed by atoms with Gasteiger partial charge < -0.3 is 24.3 Å². The Hall–Kier alpha value is -3.11. The van der Waals surface area contributed by atoms with Crippen molar-refractivity contribution in [2.45, 2.75) is 32.4 Å². The summed E-state index contributed by atoms with van der Waals surface area (Å²) >= 11 is 0. The molecule has 0 amide bonds. The van der Waals surface area contributed by atoms with Crippen molar-refractivity contribution in [2.75, 3.05) is 13.2 Å². The number of hydrogen-bond acceptors (Lipinski definition) is 6. The highest BCUT2D eigenvalue weighted by Gasteiger charge is 2.29. The third-order valence-electron chi connectivity index (χ3n) is 3.67. The van der Waals surface area contributed by atoms with Crippen LogP contribution in [0.25, 0.3) is 11.1 Å². The van der Waals surface area contributed by atoms with Crippen LogP contribution in [0.1, 0.15) is 19.2 Å². The van der Waals surface area contributed by atoms with Crippen molar-refractivity contribution in [2.24, 2.45) is 0 Å². The van der Waals surface area contributed by atoms with Gasteiger partial charge in [0.1, 0.15) is 17.9 Å². The first-order valence-electron chi connectivity index (χ1n) is 9.44. The largest absolute Gasteiger partial charge is 0.481 e. The fraction of sp³-hybridized carbons (Fsp3) is 0.333. The summed E-state index contributed by atoms with van der Waals surface area (Å²) < 4.78 is 53.2. The van der Waals surface area contributed by atoms with E-state index in [1.54, 1.807) is 43.3 Å². The van der Waals surface area contributed by atoms with E-state index in [1.165, 1.54) is 0 Å². The molecule has 0 fully saturated rings. The van der Waals surface area contributed by atoms with Crippen molar-refractivity contribution in [3.8, 4) is 5.75 Å². The number of ether oxygens (including phenoxy) is 2. The monoisotopic (exact) mass is 440 g/mol. The molecule has 7 nitrogen and oxygen atoms in total. The Morgan fingerprint density at radius 3 is 2.42 bits per heavy atom. The first-order chi connectivity index (χ1) is 14.8. The Labute approximate surface area is 176 Å². The minimum absolute atomic E-state index is 0.0314. The van der Waals surface area contributed by atoms with E-state index in [2.05, 4.69) is 10.3 Å². The van der Waals surface area contributed by atoms with Crippen molar-refractivity contribution >= 4 is 17.1 Å². The Bertz CT molecular complexity index is 898. The maximum absolute atomic E-state index is 12.4. The molecule has 0 spiro atoms. The second-order valence-electron chi connectivity index (χ2n) is 6.24. The number of aromatic nitrogens is 1. The summed E-state index contributed by atoms with van der Waals surface area (Å²) in [5.41, 5.74) is 1.37. The van der Waals surface area contributed by atoms with Crippen LogP contribution in [0.3, 0.4) is 0 Å². The van der Waals surface area contributed by atoms with E-state index in [4.69, 9.17) is 19.0 Å². The van der Waals surface area contributed by atoms with Crippen LogP contribution in [0, 0.1) is 0 Å². The predicted molar refractivity (Wildman–Crippen MR) is 107 cm³/mol. The molecule has 2 aromatic carbocycles. The zero-order chi connectivity index (χ0) is 22.7. The number of benzene rings is 2. The third-order valence-corrected chi connectivity index (χ3v) is 3.67. The number of nitrogens with zero attached hydrogens (tertiary/aromatic N) is 1. The molecule has 3 rings (SSSR count). The highest BCUT2D eigenvalue weighted by Crippen LogP contribution is 2.18. The van der Waals surface area contributed by atoms with Crippen LogP contribution in [0.5, 0.6) is 5.75 Å². The minimum Gasteiger partial charge on any atom is -0.481 e. The van der Waals surface area contributed by atoms with E-state index < -0.39 is 25.0 Å². The van der Waals surface area contributed by atoms with Gasteiger partial charge >= 0.3 is 12.1 Å². The van der Waals surface area contributed by atoms with E-state index in [0.717, 1.165) is 5.52 Å². The van der Waals surface area contributed by atoms with Crippen LogP contribution >= 0.6 is 0 Å². The van der Waals surface area contributed by atoms with Crippen LogP contribution in [0.15, 0.2) is 59.0 Å². The van der Waals surface area contributed by atoms with E-state index >= 15 is 0 Å². The summed E-state index contributed by atoms with van der Waals surface area (Å²) in [5.74, 6) is 0.105. The quantitative estimate of drug-likeness (QED) is 0.477. The van der Waals surface area contributed by atoms with Gasteiger partial charge in [-0.25, -0.2) is 4.98 Å². The number of oxazole rings is 1. The van der Waals surface area contributed by atoms with Gasteiger partial charge in [-0.3, -0.25) is 4.79 Å². The van der Waals surface area contributed by atoms with Gasteiger partial charge in [0.05, 0.1) is 13.1 Å². The number of carboxylic acid groups (broad SMARTS) is 1. The van der Waals surface area contributed by atoms with Gasteiger partial charge in [0.15, 0.2) is 5.58 Å². The Kier molecular flexibility index (Phi) is 9.29. The number of nitrogens with one attached hydrogen (secondary N) is 1. The molecule has 0 aliphatic heterocycles. The van der Waals surface area contributed by atoms with Crippen LogP contribution in [-0.2, 0) is 16.1 Å². The van der Waals surface area contributed by atoms with Gasteiger partial charge in [0, 0.05) is 6.42 Å². The molecule has 0 saturated carbocycles. The predicted octanol–water partition coefficient (Wildman–Crippen LogP) is 4.38. The zero-order valence-corrected chi connectivity index (χ0v) is 16.8. The van der Waals surface area contributed by atoms with E-state index in [0.29, 0.717) is 17.2 Å². The van der Waals surface area contributed by atoms with E-state index in [1.807, 2.05) is 18.2 Å². The summed E-state index contributed by atoms with van der Waals surface area (Å²) in [5, 5.41) is 10.7. The number of aliphatic carboxylic acids is 1. The van der Waals surface area contributed by atoms with Gasteiger partial charge in [-0.05, 0) is 24.3 Å². The molecule has 168 valence electrons. The molecule has 0 radical (unpaired) electrons. The van der Waals surface area contributed by atoms with Gasteiger partial charge in [-0.2, -0.15) is 13.2 Å². The maximum Gasteiger partial charge on any atom is 0.411 e. The molecular formula is C21H23F3N2O5. The number of carboxylic acids is 1. The number of hydrogen-bond donors (Lipinski definition) is 2. The van der Waals surface area contributed by atoms with Crippen LogP contribution in [-0.4, -0.2) is 41.7 Å². The Balaban J connectivity index is 0.000000614. The molecule has 0 unspecified atom stereocenters. The first-order valence-corrected chi connectivity index (χ1v) is 9.44. The number of carbonyl (C=O) groups is 1. The second-order valence-corrected chi connectivity index (χ2v) is 6.24. The van der Waals surface area contributed by atoms with Crippen molar-refractivity contribution < 1.29 is 37.0 Å². The third kappa shape index (κ3) is 9.49. The number of alkyl halides is 3. The number of halogens is 3. The molecule has 0 aliphatic rings.